The van der Waals surface area contributed by atoms with E-state index in [2.05, 4.69) is 37.4 Å². The highest BCUT2D eigenvalue weighted by molar-refractivity contribution is 6.22. The summed E-state index contributed by atoms with van der Waals surface area (Å²) >= 11 is 6.22. The number of ether oxygens (including phenoxy) is 1. The molecule has 5 N–H and O–H groups in total. The van der Waals surface area contributed by atoms with Crippen LogP contribution >= 0.6 is 11.6 Å². The van der Waals surface area contributed by atoms with Crippen molar-refractivity contribution in [1.82, 2.24) is 10.2 Å². The number of nitrogens with one attached hydrogen (secondary N) is 1. The van der Waals surface area contributed by atoms with Crippen molar-refractivity contribution in [3.05, 3.63) is 23.8 Å². The maximum Gasteiger partial charge on any atom is 0.245 e. The van der Waals surface area contributed by atoms with Crippen LogP contribution in [0.1, 0.15) is 73.6 Å². The second kappa shape index (κ2) is 15.1. The summed E-state index contributed by atoms with van der Waals surface area (Å²) in [5.74, 6) is 1.12. The van der Waals surface area contributed by atoms with Crippen molar-refractivity contribution in [2.45, 2.75) is 85.1 Å². The van der Waals surface area contributed by atoms with Crippen LogP contribution in [0.2, 0.25) is 0 Å². The fraction of sp³-hybridized carbons (Fsp3) is 0.786. The molecule has 3 atom stereocenters. The SMILES string of the molecule is C.COCC1CCC(C(=O)N[C@@H](C(=O)N2CC[C@H](C3=CCC(Cl)C=C3)C(C)(C)C2)C(C)C)CC1.O.O. The lowest BCUT2D eigenvalue weighted by Crippen LogP contribution is -2.57. The van der Waals surface area contributed by atoms with Gasteiger partial charge in [0, 0.05) is 32.7 Å². The number of hydrogen-bond acceptors (Lipinski definition) is 3. The zero-order valence-corrected chi connectivity index (χ0v) is 22.9. The number of carbonyl (C=O) groups excluding carboxylic acids is 2. The van der Waals surface area contributed by atoms with Gasteiger partial charge in [-0.25, -0.2) is 0 Å². The summed E-state index contributed by atoms with van der Waals surface area (Å²) in [6, 6.07) is -0.465. The third kappa shape index (κ3) is 8.57. The minimum absolute atomic E-state index is 0. The van der Waals surface area contributed by atoms with Crippen molar-refractivity contribution in [2.24, 2.45) is 29.1 Å². The molecule has 1 saturated heterocycles. The lowest BCUT2D eigenvalue weighted by Gasteiger charge is -2.46. The Morgan fingerprint density at radius 3 is 2.31 bits per heavy atom. The summed E-state index contributed by atoms with van der Waals surface area (Å²) in [7, 11) is 1.74. The van der Waals surface area contributed by atoms with Crippen molar-refractivity contribution in [3.63, 3.8) is 0 Å². The molecule has 7 nitrogen and oxygen atoms in total. The number of alkyl halides is 1. The van der Waals surface area contributed by atoms with Gasteiger partial charge in [0.05, 0.1) is 5.38 Å². The minimum atomic E-state index is -0.465. The van der Waals surface area contributed by atoms with E-state index in [1.807, 2.05) is 18.7 Å². The largest absolute Gasteiger partial charge is 0.412 e. The molecule has 1 unspecified atom stereocenters. The van der Waals surface area contributed by atoms with Gasteiger partial charge >= 0.3 is 0 Å². The highest BCUT2D eigenvalue weighted by Crippen LogP contribution is 2.41. The predicted molar refractivity (Wildman–Crippen MR) is 148 cm³/mol. The molecule has 210 valence electrons. The monoisotopic (exact) mass is 530 g/mol. The van der Waals surface area contributed by atoms with Crippen LogP contribution in [0.5, 0.6) is 0 Å². The van der Waals surface area contributed by atoms with E-state index in [0.717, 1.165) is 51.7 Å². The molecule has 0 radical (unpaired) electrons. The zero-order valence-electron chi connectivity index (χ0n) is 22.1. The number of carbonyl (C=O) groups is 2. The van der Waals surface area contributed by atoms with Gasteiger partial charge < -0.3 is 25.9 Å². The Kier molecular flexibility index (Phi) is 14.5. The number of piperidine rings is 1. The Labute approximate surface area is 223 Å². The lowest BCUT2D eigenvalue weighted by molar-refractivity contribution is -0.142. The summed E-state index contributed by atoms with van der Waals surface area (Å²) in [6.45, 7) is 10.7. The van der Waals surface area contributed by atoms with E-state index in [1.54, 1.807) is 7.11 Å². The average molecular weight is 531 g/mol. The number of nitrogens with zero attached hydrogens (tertiary/aromatic N) is 1. The highest BCUT2D eigenvalue weighted by Gasteiger charge is 2.41. The molecule has 2 aliphatic carbocycles. The fourth-order valence-corrected chi connectivity index (χ4v) is 6.00. The maximum absolute atomic E-state index is 13.6. The Balaban J connectivity index is 0.00000408. The molecule has 3 rings (SSSR count). The van der Waals surface area contributed by atoms with Crippen LogP contribution in [-0.2, 0) is 14.3 Å². The molecular formula is C28H51ClN2O5. The summed E-state index contributed by atoms with van der Waals surface area (Å²) in [5, 5.41) is 3.23. The van der Waals surface area contributed by atoms with Gasteiger partial charge in [0.15, 0.2) is 0 Å². The van der Waals surface area contributed by atoms with Crippen molar-refractivity contribution in [3.8, 4) is 0 Å². The van der Waals surface area contributed by atoms with Gasteiger partial charge in [-0.3, -0.25) is 9.59 Å². The van der Waals surface area contributed by atoms with Gasteiger partial charge in [-0.15, -0.1) is 11.6 Å². The van der Waals surface area contributed by atoms with Crippen LogP contribution < -0.4 is 5.32 Å². The third-order valence-corrected chi connectivity index (χ3v) is 8.19. The Morgan fingerprint density at radius 1 is 1.17 bits per heavy atom. The smallest absolute Gasteiger partial charge is 0.245 e. The molecule has 3 aliphatic rings. The van der Waals surface area contributed by atoms with Crippen LogP contribution in [0.4, 0.5) is 0 Å². The van der Waals surface area contributed by atoms with E-state index in [1.165, 1.54) is 5.57 Å². The molecule has 0 spiro atoms. The van der Waals surface area contributed by atoms with Crippen molar-refractivity contribution in [2.75, 3.05) is 26.8 Å². The molecule has 2 fully saturated rings. The van der Waals surface area contributed by atoms with E-state index >= 15 is 0 Å². The van der Waals surface area contributed by atoms with Crippen molar-refractivity contribution < 1.29 is 25.3 Å². The van der Waals surface area contributed by atoms with Crippen LogP contribution in [0.3, 0.4) is 0 Å². The molecule has 0 aromatic carbocycles. The molecule has 0 aromatic heterocycles. The average Bonchev–Trinajstić information content (AvgIpc) is 2.77. The minimum Gasteiger partial charge on any atom is -0.412 e. The number of likely N-dealkylation sites (tertiary alicyclic amines) is 1. The molecule has 1 saturated carbocycles. The van der Waals surface area contributed by atoms with Gasteiger partial charge in [0.2, 0.25) is 11.8 Å². The topological polar surface area (TPSA) is 122 Å². The molecule has 8 heteroatoms. The number of rotatable bonds is 7. The van der Waals surface area contributed by atoms with Crippen LogP contribution in [0.15, 0.2) is 23.8 Å². The Morgan fingerprint density at radius 2 is 1.81 bits per heavy atom. The summed E-state index contributed by atoms with van der Waals surface area (Å²) in [5.41, 5.74) is 1.32. The molecule has 1 aliphatic heterocycles. The Bertz CT molecular complexity index is 759. The van der Waals surface area contributed by atoms with Crippen LogP contribution in [0.25, 0.3) is 0 Å². The first-order valence-corrected chi connectivity index (χ1v) is 13.2. The lowest BCUT2D eigenvalue weighted by atomic mass is 9.69. The summed E-state index contributed by atoms with van der Waals surface area (Å²) < 4.78 is 5.28. The molecule has 0 bridgehead atoms. The van der Waals surface area contributed by atoms with Gasteiger partial charge in [-0.2, -0.15) is 0 Å². The predicted octanol–water partition coefficient (Wildman–Crippen LogP) is 3.94. The number of halogens is 1. The summed E-state index contributed by atoms with van der Waals surface area (Å²) in [4.78, 5) is 28.6. The molecule has 2 amide bonds. The zero-order chi connectivity index (χ0) is 24.2. The second-order valence-corrected chi connectivity index (χ2v) is 11.9. The van der Waals surface area contributed by atoms with Crippen LogP contribution in [-0.4, -0.2) is 65.9 Å². The van der Waals surface area contributed by atoms with Gasteiger partial charge in [-0.1, -0.05) is 53.3 Å². The first-order chi connectivity index (χ1) is 15.6. The number of methoxy groups -OCH3 is 1. The number of hydrogen-bond donors (Lipinski definition) is 1. The normalized spacial score (nSPS) is 28.1. The molecule has 36 heavy (non-hydrogen) atoms. The van der Waals surface area contributed by atoms with Crippen LogP contribution in [0, 0.1) is 29.1 Å². The Hall–Kier alpha value is -1.41. The van der Waals surface area contributed by atoms with Gasteiger partial charge in [0.25, 0.3) is 0 Å². The molecule has 1 heterocycles. The van der Waals surface area contributed by atoms with Gasteiger partial charge in [-0.05, 0) is 67.3 Å². The first kappa shape index (κ1) is 34.6. The van der Waals surface area contributed by atoms with Gasteiger partial charge in [0.1, 0.15) is 6.04 Å². The highest BCUT2D eigenvalue weighted by atomic mass is 35.5. The van der Waals surface area contributed by atoms with E-state index in [4.69, 9.17) is 16.3 Å². The van der Waals surface area contributed by atoms with Crippen molar-refractivity contribution >= 4 is 23.4 Å². The van der Waals surface area contributed by atoms with E-state index in [9.17, 15) is 9.59 Å². The van der Waals surface area contributed by atoms with Crippen molar-refractivity contribution in [1.29, 1.82) is 0 Å². The maximum atomic E-state index is 13.6. The quantitative estimate of drug-likeness (QED) is 0.501. The van der Waals surface area contributed by atoms with E-state index in [0.29, 0.717) is 18.4 Å². The molecule has 0 aromatic rings. The standard InChI is InChI=1S/C27H43ClN2O3.CH4.2H2O/c1-18(2)24(29-25(31)21-8-6-19(7-9-21)16-33-5)26(32)30-15-14-23(27(3,4)17-30)20-10-12-22(28)13-11-20;;;/h10-12,18-19,21-24H,6-9,13-17H2,1-5H3,(H,29,31);1H4;2*1H2/t19?,21?,22?,23-,24-;;;/m1.../s1. The summed E-state index contributed by atoms with van der Waals surface area (Å²) in [6.07, 6.45) is 12.1. The number of amides is 2. The third-order valence-electron chi connectivity index (χ3n) is 7.87. The second-order valence-electron chi connectivity index (χ2n) is 11.3. The van der Waals surface area contributed by atoms with E-state index in [-0.39, 0.29) is 52.8 Å². The number of allylic oxidation sites excluding steroid dienone is 4. The fourth-order valence-electron chi connectivity index (χ4n) is 5.84. The first-order valence-electron chi connectivity index (χ1n) is 12.7. The van der Waals surface area contributed by atoms with E-state index < -0.39 is 6.04 Å². The molecular weight excluding hydrogens is 480 g/mol.